The minimum absolute atomic E-state index is 0.0703. The van der Waals surface area contributed by atoms with Crippen molar-refractivity contribution in [3.63, 3.8) is 0 Å². The van der Waals surface area contributed by atoms with Crippen molar-refractivity contribution in [2.24, 2.45) is 5.92 Å². The van der Waals surface area contributed by atoms with Gasteiger partial charge in [-0.1, -0.05) is 6.07 Å². The van der Waals surface area contributed by atoms with Crippen LogP contribution < -0.4 is 14.4 Å². The van der Waals surface area contributed by atoms with Crippen molar-refractivity contribution in [3.8, 4) is 22.9 Å². The molecular weight excluding hydrogens is 390 g/mol. The second-order valence-corrected chi connectivity index (χ2v) is 8.22. The molecule has 5 rings (SSSR count). The van der Waals surface area contributed by atoms with Crippen LogP contribution in [0.3, 0.4) is 0 Å². The molecule has 158 valence electrons. The van der Waals surface area contributed by atoms with Gasteiger partial charge in [-0.3, -0.25) is 9.69 Å². The molecule has 3 aromatic rings. The Morgan fingerprint density at radius 2 is 1.97 bits per heavy atom. The van der Waals surface area contributed by atoms with Crippen LogP contribution in [-0.4, -0.2) is 29.6 Å². The summed E-state index contributed by atoms with van der Waals surface area (Å²) >= 11 is 0. The molecule has 2 aromatic heterocycles. The quantitative estimate of drug-likeness (QED) is 0.600. The summed E-state index contributed by atoms with van der Waals surface area (Å²) in [7, 11) is 1.61. The van der Waals surface area contributed by atoms with Crippen LogP contribution in [0.4, 0.5) is 11.5 Å². The lowest BCUT2D eigenvalue weighted by Crippen LogP contribution is -2.28. The average Bonchev–Trinajstić information content (AvgIpc) is 3.52. The highest BCUT2D eigenvalue weighted by molar-refractivity contribution is 6.02. The molecule has 0 bridgehead atoms. The number of benzene rings is 1. The van der Waals surface area contributed by atoms with E-state index in [9.17, 15) is 4.79 Å². The number of aromatic nitrogens is 2. The molecule has 1 fully saturated rings. The van der Waals surface area contributed by atoms with Crippen LogP contribution >= 0.6 is 0 Å². The number of pyridine rings is 2. The molecule has 1 amide bonds. The van der Waals surface area contributed by atoms with Crippen molar-refractivity contribution in [1.82, 2.24) is 9.97 Å². The van der Waals surface area contributed by atoms with Crippen LogP contribution in [0.1, 0.15) is 29.5 Å². The average molecular weight is 415 g/mol. The van der Waals surface area contributed by atoms with Crippen LogP contribution in [-0.2, 0) is 11.2 Å². The molecule has 0 radical (unpaired) electrons. The summed E-state index contributed by atoms with van der Waals surface area (Å²) in [6.07, 6.45) is 4.50. The summed E-state index contributed by atoms with van der Waals surface area (Å²) in [6, 6.07) is 11.9. The highest BCUT2D eigenvalue weighted by atomic mass is 16.5. The summed E-state index contributed by atoms with van der Waals surface area (Å²) in [6.45, 7) is 4.67. The van der Waals surface area contributed by atoms with Crippen LogP contribution in [0.5, 0.6) is 11.6 Å². The van der Waals surface area contributed by atoms with Gasteiger partial charge in [0.25, 0.3) is 0 Å². The van der Waals surface area contributed by atoms with Gasteiger partial charge < -0.3 is 9.47 Å². The molecule has 0 spiro atoms. The largest absolute Gasteiger partial charge is 0.493 e. The van der Waals surface area contributed by atoms with Crippen molar-refractivity contribution < 1.29 is 14.3 Å². The van der Waals surface area contributed by atoms with Gasteiger partial charge in [0.15, 0.2) is 0 Å². The lowest BCUT2D eigenvalue weighted by Gasteiger charge is -2.23. The van der Waals surface area contributed by atoms with Gasteiger partial charge in [0.2, 0.25) is 11.8 Å². The second-order valence-electron chi connectivity index (χ2n) is 8.22. The van der Waals surface area contributed by atoms with Crippen molar-refractivity contribution in [3.05, 3.63) is 59.3 Å². The minimum atomic E-state index is 0.0703. The fraction of sp³-hybridized carbons (Fsp3) is 0.320. The Kier molecular flexibility index (Phi) is 4.85. The van der Waals surface area contributed by atoms with E-state index in [1.54, 1.807) is 18.2 Å². The van der Waals surface area contributed by atoms with Gasteiger partial charge >= 0.3 is 0 Å². The minimum Gasteiger partial charge on any atom is -0.493 e. The number of hydrogen-bond acceptors (Lipinski definition) is 5. The number of nitrogens with zero attached hydrogens (tertiary/aromatic N) is 3. The zero-order valence-electron chi connectivity index (χ0n) is 18.0. The number of carbonyl (C=O) groups is 1. The number of fused-ring (bicyclic) bond motifs is 1. The van der Waals surface area contributed by atoms with E-state index in [4.69, 9.17) is 14.5 Å². The first-order valence-electron chi connectivity index (χ1n) is 10.6. The van der Waals surface area contributed by atoms with E-state index in [0.717, 1.165) is 58.6 Å². The van der Waals surface area contributed by atoms with Crippen LogP contribution in [0.15, 0.2) is 42.6 Å². The Morgan fingerprint density at radius 1 is 1.13 bits per heavy atom. The van der Waals surface area contributed by atoms with Crippen molar-refractivity contribution in [2.75, 3.05) is 18.6 Å². The molecule has 0 N–H and O–H groups in total. The summed E-state index contributed by atoms with van der Waals surface area (Å²) < 4.78 is 10.9. The first kappa shape index (κ1) is 19.5. The normalized spacial score (nSPS) is 14.7. The number of rotatable bonds is 5. The maximum atomic E-state index is 13.3. The first-order valence-corrected chi connectivity index (χ1v) is 10.6. The van der Waals surface area contributed by atoms with E-state index in [-0.39, 0.29) is 11.8 Å². The van der Waals surface area contributed by atoms with Crippen LogP contribution in [0, 0.1) is 19.8 Å². The molecular formula is C25H25N3O3. The summed E-state index contributed by atoms with van der Waals surface area (Å²) in [5.74, 6) is 2.30. The van der Waals surface area contributed by atoms with Crippen molar-refractivity contribution in [2.45, 2.75) is 33.1 Å². The molecule has 6 nitrogen and oxygen atoms in total. The zero-order chi connectivity index (χ0) is 21.5. The SMILES string of the molecule is COc1ncc(-c2nc(N(C(=O)C3CC3)c3ccc4c(c3)CCO4)ccc2C)cc1C. The van der Waals surface area contributed by atoms with E-state index in [2.05, 4.69) is 11.1 Å². The van der Waals surface area contributed by atoms with E-state index >= 15 is 0 Å². The fourth-order valence-corrected chi connectivity index (χ4v) is 4.04. The molecule has 1 aliphatic carbocycles. The maximum Gasteiger partial charge on any atom is 0.235 e. The molecule has 6 heteroatoms. The summed E-state index contributed by atoms with van der Waals surface area (Å²) in [5.41, 5.74) is 5.65. The van der Waals surface area contributed by atoms with E-state index < -0.39 is 0 Å². The van der Waals surface area contributed by atoms with E-state index in [1.807, 2.05) is 44.2 Å². The van der Waals surface area contributed by atoms with Gasteiger partial charge in [-0.05, 0) is 68.1 Å². The van der Waals surface area contributed by atoms with Gasteiger partial charge in [0.1, 0.15) is 11.6 Å². The lowest BCUT2D eigenvalue weighted by atomic mass is 10.1. The third kappa shape index (κ3) is 3.63. The monoisotopic (exact) mass is 415 g/mol. The molecule has 0 unspecified atom stereocenters. The molecule has 1 saturated carbocycles. The number of carbonyl (C=O) groups excluding carboxylic acids is 1. The van der Waals surface area contributed by atoms with Crippen molar-refractivity contribution >= 4 is 17.4 Å². The molecule has 0 atom stereocenters. The fourth-order valence-electron chi connectivity index (χ4n) is 4.04. The van der Waals surface area contributed by atoms with E-state index in [0.29, 0.717) is 18.3 Å². The summed E-state index contributed by atoms with van der Waals surface area (Å²) in [4.78, 5) is 24.4. The van der Waals surface area contributed by atoms with Gasteiger partial charge in [-0.25, -0.2) is 9.97 Å². The number of hydrogen-bond donors (Lipinski definition) is 0. The third-order valence-electron chi connectivity index (χ3n) is 5.89. The predicted molar refractivity (Wildman–Crippen MR) is 119 cm³/mol. The summed E-state index contributed by atoms with van der Waals surface area (Å²) in [5, 5.41) is 0. The lowest BCUT2D eigenvalue weighted by molar-refractivity contribution is -0.119. The standard InChI is InChI=1S/C25H25N3O3/c1-15-4-9-22(27-23(15)19-12-16(2)24(30-3)26-14-19)28(25(29)17-5-6-17)20-7-8-21-18(13-20)10-11-31-21/h4,7-9,12-14,17H,5-6,10-11H2,1-3H3. The van der Waals surface area contributed by atoms with Gasteiger partial charge in [0, 0.05) is 29.7 Å². The Bertz CT molecular complexity index is 1170. The number of amides is 1. The number of anilines is 2. The Labute approximate surface area is 181 Å². The topological polar surface area (TPSA) is 64.6 Å². The zero-order valence-corrected chi connectivity index (χ0v) is 18.0. The third-order valence-corrected chi connectivity index (χ3v) is 5.89. The van der Waals surface area contributed by atoms with E-state index in [1.165, 1.54) is 0 Å². The van der Waals surface area contributed by atoms with Gasteiger partial charge in [-0.15, -0.1) is 0 Å². The Hall–Kier alpha value is -3.41. The van der Waals surface area contributed by atoms with Crippen LogP contribution in [0.2, 0.25) is 0 Å². The Balaban J connectivity index is 1.59. The smallest absolute Gasteiger partial charge is 0.235 e. The highest BCUT2D eigenvalue weighted by Gasteiger charge is 2.36. The number of aryl methyl sites for hydroxylation is 2. The number of methoxy groups -OCH3 is 1. The molecule has 1 aliphatic heterocycles. The van der Waals surface area contributed by atoms with Gasteiger partial charge in [-0.2, -0.15) is 0 Å². The molecule has 2 aliphatic rings. The highest BCUT2D eigenvalue weighted by Crippen LogP contribution is 2.39. The molecule has 31 heavy (non-hydrogen) atoms. The Morgan fingerprint density at radius 3 is 2.71 bits per heavy atom. The molecule has 1 aromatic carbocycles. The maximum absolute atomic E-state index is 13.3. The van der Waals surface area contributed by atoms with Gasteiger partial charge in [0.05, 0.1) is 25.1 Å². The molecule has 0 saturated heterocycles. The number of ether oxygens (including phenoxy) is 2. The predicted octanol–water partition coefficient (Wildman–Crippen LogP) is 4.78. The molecule has 3 heterocycles. The van der Waals surface area contributed by atoms with Crippen molar-refractivity contribution in [1.29, 1.82) is 0 Å². The first-order chi connectivity index (χ1) is 15.0. The van der Waals surface area contributed by atoms with Crippen LogP contribution in [0.25, 0.3) is 11.3 Å². The second kappa shape index (κ2) is 7.69.